The average molecular weight is 342 g/mol. The van der Waals surface area contributed by atoms with Crippen molar-refractivity contribution < 1.29 is 4.74 Å². The largest absolute Gasteiger partial charge is 0.383 e. The van der Waals surface area contributed by atoms with E-state index in [9.17, 15) is 0 Å². The molecule has 0 radical (unpaired) electrons. The smallest absolute Gasteiger partial charge is 0.161 e. The Morgan fingerprint density at radius 1 is 1.12 bits per heavy atom. The Hall–Kier alpha value is -2.32. The van der Waals surface area contributed by atoms with Crippen LogP contribution in [-0.4, -0.2) is 39.2 Å². The Bertz CT molecular complexity index is 828. The Morgan fingerprint density at radius 3 is 2.58 bits per heavy atom. The monoisotopic (exact) mass is 342 g/mol. The molecule has 0 unspecified atom stereocenters. The Kier molecular flexibility index (Phi) is 4.59. The lowest BCUT2D eigenvalue weighted by atomic mass is 10.2. The maximum absolute atomic E-state index is 6.06. The molecule has 0 atom stereocenters. The minimum absolute atomic E-state index is 0.420. The van der Waals surface area contributed by atoms with Gasteiger partial charge in [0.25, 0.3) is 0 Å². The number of aromatic nitrogens is 5. The Morgan fingerprint density at radius 2 is 1.88 bits per heavy atom. The number of nitrogens with zero attached hydrogens (tertiary/aromatic N) is 5. The van der Waals surface area contributed by atoms with Crippen molar-refractivity contribution in [2.45, 2.75) is 32.4 Å². The van der Waals surface area contributed by atoms with Crippen LogP contribution in [0.3, 0.4) is 0 Å². The highest BCUT2D eigenvalue weighted by molar-refractivity contribution is 6.76. The van der Waals surface area contributed by atoms with Gasteiger partial charge >= 0.3 is 0 Å². The first-order chi connectivity index (χ1) is 11.5. The molecule has 3 aromatic heterocycles. The van der Waals surface area contributed by atoms with Crippen LogP contribution in [0.1, 0.15) is 0 Å². The van der Waals surface area contributed by atoms with Gasteiger partial charge in [-0.3, -0.25) is 0 Å². The zero-order valence-electron chi connectivity index (χ0n) is 14.2. The summed E-state index contributed by atoms with van der Waals surface area (Å²) >= 11 is 0. The lowest BCUT2D eigenvalue weighted by molar-refractivity contribution is 0.0899. The predicted molar refractivity (Wildman–Crippen MR) is 97.1 cm³/mol. The molecule has 3 aromatic rings. The van der Waals surface area contributed by atoms with Gasteiger partial charge < -0.3 is 15.0 Å². The number of nitrogens with two attached hydrogens (primary N) is 1. The van der Waals surface area contributed by atoms with Crippen molar-refractivity contribution in [1.29, 1.82) is 0 Å². The molecule has 0 aromatic carbocycles. The molecule has 7 nitrogen and oxygen atoms in total. The van der Waals surface area contributed by atoms with Crippen LogP contribution in [0.15, 0.2) is 31.0 Å². The second-order valence-corrected chi connectivity index (χ2v) is 12.5. The zero-order chi connectivity index (χ0) is 17.2. The lowest BCUT2D eigenvalue weighted by Gasteiger charge is -2.15. The van der Waals surface area contributed by atoms with E-state index < -0.39 is 8.07 Å². The second-order valence-electron chi connectivity index (χ2n) is 6.89. The number of hydrogen-bond acceptors (Lipinski definition) is 6. The number of anilines is 1. The summed E-state index contributed by atoms with van der Waals surface area (Å²) in [6, 6.07) is 2.90. The van der Waals surface area contributed by atoms with Crippen molar-refractivity contribution >= 4 is 24.9 Å². The highest BCUT2D eigenvalue weighted by Gasteiger charge is 2.17. The van der Waals surface area contributed by atoms with E-state index in [-0.39, 0.29) is 0 Å². The Labute approximate surface area is 141 Å². The van der Waals surface area contributed by atoms with Crippen LogP contribution in [-0.2, 0) is 11.5 Å². The van der Waals surface area contributed by atoms with Gasteiger partial charge in [-0.15, -0.1) is 0 Å². The molecule has 8 heteroatoms. The van der Waals surface area contributed by atoms with Crippen molar-refractivity contribution in [3.05, 3.63) is 31.0 Å². The van der Waals surface area contributed by atoms with Gasteiger partial charge in [-0.2, -0.15) is 0 Å². The molecule has 0 saturated heterocycles. The van der Waals surface area contributed by atoms with E-state index in [0.29, 0.717) is 18.4 Å². The van der Waals surface area contributed by atoms with Gasteiger partial charge in [0, 0.05) is 33.3 Å². The van der Waals surface area contributed by atoms with Crippen LogP contribution in [0.25, 0.3) is 22.4 Å². The second kappa shape index (κ2) is 6.66. The molecule has 2 N–H and O–H groups in total. The van der Waals surface area contributed by atoms with Gasteiger partial charge in [-0.05, 0) is 12.1 Å². The molecular weight excluding hydrogens is 320 g/mol. The van der Waals surface area contributed by atoms with Gasteiger partial charge in [0.05, 0.1) is 10.9 Å². The Balaban J connectivity index is 1.91. The molecule has 0 bridgehead atoms. The van der Waals surface area contributed by atoms with Gasteiger partial charge in [-0.1, -0.05) is 19.6 Å². The molecule has 3 heterocycles. The molecule has 0 spiro atoms. The van der Waals surface area contributed by atoms with E-state index in [1.54, 1.807) is 18.5 Å². The van der Waals surface area contributed by atoms with Crippen LogP contribution in [0.5, 0.6) is 0 Å². The van der Waals surface area contributed by atoms with Crippen LogP contribution in [0.2, 0.25) is 25.7 Å². The molecule has 0 aliphatic heterocycles. The number of fused-ring (bicyclic) bond motifs is 1. The van der Waals surface area contributed by atoms with Crippen molar-refractivity contribution in [3.8, 4) is 11.4 Å². The lowest BCUT2D eigenvalue weighted by Crippen LogP contribution is -2.22. The first-order valence-electron chi connectivity index (χ1n) is 7.90. The zero-order valence-corrected chi connectivity index (χ0v) is 15.2. The van der Waals surface area contributed by atoms with E-state index >= 15 is 0 Å². The van der Waals surface area contributed by atoms with Gasteiger partial charge in [0.15, 0.2) is 5.82 Å². The van der Waals surface area contributed by atoms with Crippen molar-refractivity contribution in [3.63, 3.8) is 0 Å². The van der Waals surface area contributed by atoms with Crippen LogP contribution in [0.4, 0.5) is 5.82 Å². The van der Waals surface area contributed by atoms with Gasteiger partial charge in [0.2, 0.25) is 0 Å². The normalized spacial score (nSPS) is 12.0. The maximum Gasteiger partial charge on any atom is 0.161 e. The summed E-state index contributed by atoms with van der Waals surface area (Å²) in [5.41, 5.74) is 7.62. The van der Waals surface area contributed by atoms with Crippen molar-refractivity contribution in [2.75, 3.05) is 12.3 Å². The number of rotatable bonds is 6. The molecule has 0 aliphatic carbocycles. The fourth-order valence-corrected chi connectivity index (χ4v) is 3.15. The van der Waals surface area contributed by atoms with E-state index in [1.165, 1.54) is 6.33 Å². The van der Waals surface area contributed by atoms with Crippen LogP contribution in [0, 0.1) is 0 Å². The summed E-state index contributed by atoms with van der Waals surface area (Å²) in [5.74, 6) is 1.02. The predicted octanol–water partition coefficient (Wildman–Crippen LogP) is 2.78. The first-order valence-corrected chi connectivity index (χ1v) is 11.6. The minimum Gasteiger partial charge on any atom is -0.383 e. The third kappa shape index (κ3) is 3.60. The standard InChI is InChI=1S/C16H22N6OSi/c1-24(2,3)8-7-23-11-22-9-12(15-18-5-4-6-19-15)13-14(17)20-10-21-16(13)22/h4-6,9-10H,7-8,11H2,1-3H3,(H2,17,20,21). The summed E-state index contributed by atoms with van der Waals surface area (Å²) in [6.07, 6.45) is 6.80. The summed E-state index contributed by atoms with van der Waals surface area (Å²) < 4.78 is 7.78. The topological polar surface area (TPSA) is 91.7 Å². The maximum atomic E-state index is 6.06. The van der Waals surface area contributed by atoms with Crippen LogP contribution >= 0.6 is 0 Å². The van der Waals surface area contributed by atoms with Gasteiger partial charge in [-0.25, -0.2) is 19.9 Å². The third-order valence-corrected chi connectivity index (χ3v) is 5.42. The molecule has 0 saturated carbocycles. The fourth-order valence-electron chi connectivity index (χ4n) is 2.39. The molecule has 0 fully saturated rings. The molecule has 24 heavy (non-hydrogen) atoms. The SMILES string of the molecule is C[Si](C)(C)CCOCn1cc(-c2ncccn2)c2c(N)ncnc21. The summed E-state index contributed by atoms with van der Waals surface area (Å²) in [4.78, 5) is 17.1. The quantitative estimate of drug-likeness (QED) is 0.547. The van der Waals surface area contributed by atoms with Gasteiger partial charge in [0.1, 0.15) is 24.5 Å². The number of ether oxygens (including phenoxy) is 1. The summed E-state index contributed by atoms with van der Waals surface area (Å²) in [5, 5.41) is 0.762. The third-order valence-electron chi connectivity index (χ3n) is 3.72. The molecule has 0 aliphatic rings. The summed E-state index contributed by atoms with van der Waals surface area (Å²) in [6.45, 7) is 8.16. The van der Waals surface area contributed by atoms with E-state index in [2.05, 4.69) is 39.6 Å². The minimum atomic E-state index is -1.11. The van der Waals surface area contributed by atoms with E-state index in [4.69, 9.17) is 10.5 Å². The molecule has 3 rings (SSSR count). The summed E-state index contributed by atoms with van der Waals surface area (Å²) in [7, 11) is -1.11. The molecular formula is C16H22N6OSi. The van der Waals surface area contributed by atoms with E-state index in [1.807, 2.05) is 10.8 Å². The molecule has 0 amide bonds. The van der Waals surface area contributed by atoms with Crippen molar-refractivity contribution in [1.82, 2.24) is 24.5 Å². The first kappa shape index (κ1) is 16.5. The number of hydrogen-bond donors (Lipinski definition) is 1. The molecule has 126 valence electrons. The van der Waals surface area contributed by atoms with Crippen molar-refractivity contribution in [2.24, 2.45) is 0 Å². The average Bonchev–Trinajstić information content (AvgIpc) is 2.92. The van der Waals surface area contributed by atoms with E-state index in [0.717, 1.165) is 29.2 Å². The highest BCUT2D eigenvalue weighted by Crippen LogP contribution is 2.30. The fraction of sp³-hybridized carbons (Fsp3) is 0.375. The number of nitrogen functional groups attached to an aromatic ring is 1. The van der Waals surface area contributed by atoms with Crippen LogP contribution < -0.4 is 5.73 Å². The highest BCUT2D eigenvalue weighted by atomic mass is 28.3.